The van der Waals surface area contributed by atoms with Crippen molar-refractivity contribution in [1.82, 2.24) is 0 Å². The van der Waals surface area contributed by atoms with E-state index in [0.717, 1.165) is 0 Å². The SMILES string of the molecule is [Co].[Cu].[Fe].[Ni].[W]. The second-order valence-electron chi connectivity index (χ2n) is 0. The molecule has 44 valence electrons. The van der Waals surface area contributed by atoms with Crippen LogP contribution in [0, 0.1) is 0 Å². The van der Waals surface area contributed by atoms with Crippen molar-refractivity contribution in [2.45, 2.75) is 0 Å². The minimum atomic E-state index is 0. The van der Waals surface area contributed by atoms with Gasteiger partial charge in [-0.1, -0.05) is 0 Å². The van der Waals surface area contributed by atoms with Crippen molar-refractivity contribution < 1.29 is 88.5 Å². The fourth-order valence-electron chi connectivity index (χ4n) is 0. The number of hydrogen-bond donors (Lipinski definition) is 0. The van der Waals surface area contributed by atoms with Crippen molar-refractivity contribution in [2.24, 2.45) is 0 Å². The van der Waals surface area contributed by atoms with Crippen LogP contribution in [0.15, 0.2) is 0 Å². The molecule has 5 heavy (non-hydrogen) atoms. The molecule has 0 aliphatic rings. The molecule has 0 saturated heterocycles. The Kier molecular flexibility index (Phi) is 279. The first kappa shape index (κ1) is 47.0. The summed E-state index contributed by atoms with van der Waals surface area (Å²) >= 11 is 0. The molecule has 0 amide bonds. The van der Waals surface area contributed by atoms with Crippen molar-refractivity contribution >= 4 is 0 Å². The van der Waals surface area contributed by atoms with E-state index in [0.29, 0.717) is 0 Å². The Bertz CT molecular complexity index is 11.6. The van der Waals surface area contributed by atoms with Crippen LogP contribution in [0.25, 0.3) is 0 Å². The first-order valence-corrected chi connectivity index (χ1v) is 0. The summed E-state index contributed by atoms with van der Waals surface area (Å²) in [6.07, 6.45) is 0. The predicted octanol–water partition coefficient (Wildman–Crippen LogP) is -0.0125. The first-order chi connectivity index (χ1) is 0. The average Bonchev–Trinajstić information content (AvgIpc) is 0. The van der Waals surface area contributed by atoms with Gasteiger partial charge in [0.05, 0.1) is 0 Å². The maximum Gasteiger partial charge on any atom is 0 e. The zero-order valence-electron chi connectivity index (χ0n) is 1.71. The molecular formula is CoCuFeNiW. The van der Waals surface area contributed by atoms with Crippen LogP contribution in [-0.4, -0.2) is 0 Å². The zero-order valence-corrected chi connectivity index (χ0v) is 8.72. The molecule has 0 aromatic rings. The standard InChI is InChI=1S/Co.Cu.Fe.Ni.W. The fourth-order valence-corrected chi connectivity index (χ4v) is 0. The van der Waals surface area contributed by atoms with E-state index in [1.54, 1.807) is 0 Å². The van der Waals surface area contributed by atoms with Gasteiger partial charge < -0.3 is 0 Å². The average molecular weight is 421 g/mol. The maximum atomic E-state index is 0. The summed E-state index contributed by atoms with van der Waals surface area (Å²) in [6, 6.07) is 0. The van der Waals surface area contributed by atoms with Crippen molar-refractivity contribution in [3.63, 3.8) is 0 Å². The Balaban J connectivity index is 0. The summed E-state index contributed by atoms with van der Waals surface area (Å²) in [6.45, 7) is 0. The second kappa shape index (κ2) is 29.7. The Hall–Kier alpha value is 2.73. The predicted molar refractivity (Wildman–Crippen MR) is 0 cm³/mol. The third-order valence-corrected chi connectivity index (χ3v) is 0. The Labute approximate surface area is 87.3 Å². The van der Waals surface area contributed by atoms with Crippen LogP contribution in [0.1, 0.15) is 0 Å². The van der Waals surface area contributed by atoms with Gasteiger partial charge in [-0.15, -0.1) is 0 Å². The molecule has 0 aliphatic carbocycles. The van der Waals surface area contributed by atoms with Gasteiger partial charge in [0.25, 0.3) is 0 Å². The number of hydrogen-bond acceptors (Lipinski definition) is 0. The normalized spacial score (nSPS) is 0. The summed E-state index contributed by atoms with van der Waals surface area (Å²) in [7, 11) is 0. The van der Waals surface area contributed by atoms with Crippen LogP contribution in [0.4, 0.5) is 0 Å². The molecule has 0 unspecified atom stereocenters. The fraction of sp³-hybridized carbons (Fsp3) is 0. The molecule has 0 atom stereocenters. The molecule has 2 radical (unpaired) electrons. The molecule has 0 spiro atoms. The van der Waals surface area contributed by atoms with Gasteiger partial charge in [-0.2, -0.15) is 0 Å². The quantitative estimate of drug-likeness (QED) is 0.484. The molecule has 0 aromatic carbocycles. The third-order valence-electron chi connectivity index (χ3n) is 0. The van der Waals surface area contributed by atoms with Gasteiger partial charge in [-0.05, 0) is 0 Å². The summed E-state index contributed by atoms with van der Waals surface area (Å²) in [5, 5.41) is 0. The molecule has 5 heteroatoms. The Morgan fingerprint density at radius 1 is 1.00 bits per heavy atom. The summed E-state index contributed by atoms with van der Waals surface area (Å²) in [5.74, 6) is 0. The van der Waals surface area contributed by atoms with Crippen LogP contribution in [0.2, 0.25) is 0 Å². The molecular weight excluding hydrogens is 421 g/mol. The second-order valence-corrected chi connectivity index (χ2v) is 0. The molecule has 0 fully saturated rings. The zero-order chi connectivity index (χ0) is 0. The largest absolute Gasteiger partial charge is 0 e. The van der Waals surface area contributed by atoms with Crippen LogP contribution in [-0.2, 0) is 88.5 Å². The van der Waals surface area contributed by atoms with Gasteiger partial charge >= 0.3 is 0 Å². The summed E-state index contributed by atoms with van der Waals surface area (Å²) in [4.78, 5) is 0. The smallest absolute Gasteiger partial charge is 0 e. The molecule has 0 aliphatic heterocycles. The van der Waals surface area contributed by atoms with E-state index in [1.807, 2.05) is 0 Å². The van der Waals surface area contributed by atoms with Crippen LogP contribution < -0.4 is 0 Å². The molecule has 0 rings (SSSR count). The van der Waals surface area contributed by atoms with Crippen LogP contribution in [0.3, 0.4) is 0 Å². The van der Waals surface area contributed by atoms with E-state index in [-0.39, 0.29) is 88.5 Å². The van der Waals surface area contributed by atoms with Crippen molar-refractivity contribution in [3.8, 4) is 0 Å². The summed E-state index contributed by atoms with van der Waals surface area (Å²) in [5.41, 5.74) is 0. The van der Waals surface area contributed by atoms with E-state index >= 15 is 0 Å². The minimum Gasteiger partial charge on any atom is 0 e. The first-order valence-electron chi connectivity index (χ1n) is 0. The third kappa shape index (κ3) is 20.2. The van der Waals surface area contributed by atoms with E-state index in [1.165, 1.54) is 0 Å². The van der Waals surface area contributed by atoms with Gasteiger partial charge in [0.1, 0.15) is 0 Å². The maximum absolute atomic E-state index is 0. The molecule has 0 saturated carbocycles. The van der Waals surface area contributed by atoms with Gasteiger partial charge in [0.15, 0.2) is 0 Å². The van der Waals surface area contributed by atoms with E-state index in [4.69, 9.17) is 0 Å². The van der Waals surface area contributed by atoms with Crippen molar-refractivity contribution in [3.05, 3.63) is 0 Å². The van der Waals surface area contributed by atoms with Gasteiger partial charge in [-0.3, -0.25) is 0 Å². The van der Waals surface area contributed by atoms with Crippen molar-refractivity contribution in [1.29, 1.82) is 0 Å². The topological polar surface area (TPSA) is 0 Å². The molecule has 0 aromatic heterocycles. The molecule has 0 nitrogen and oxygen atoms in total. The van der Waals surface area contributed by atoms with E-state index in [2.05, 4.69) is 0 Å². The van der Waals surface area contributed by atoms with Crippen LogP contribution >= 0.6 is 0 Å². The van der Waals surface area contributed by atoms with Crippen LogP contribution in [0.5, 0.6) is 0 Å². The van der Waals surface area contributed by atoms with Gasteiger partial charge in [0, 0.05) is 88.5 Å². The summed E-state index contributed by atoms with van der Waals surface area (Å²) < 4.78 is 0. The molecule has 0 bridgehead atoms. The molecule has 0 N–H and O–H groups in total. The number of rotatable bonds is 0. The Morgan fingerprint density at radius 2 is 1.00 bits per heavy atom. The monoisotopic (exact) mass is 420 g/mol. The molecule has 0 heterocycles. The van der Waals surface area contributed by atoms with E-state index < -0.39 is 0 Å². The Morgan fingerprint density at radius 3 is 1.00 bits per heavy atom. The minimum absolute atomic E-state index is 0. The van der Waals surface area contributed by atoms with Gasteiger partial charge in [0.2, 0.25) is 0 Å². The van der Waals surface area contributed by atoms with Crippen molar-refractivity contribution in [2.75, 3.05) is 0 Å². The van der Waals surface area contributed by atoms with Gasteiger partial charge in [-0.25, -0.2) is 0 Å². The van der Waals surface area contributed by atoms with E-state index in [9.17, 15) is 0 Å².